The average Bonchev–Trinajstić information content (AvgIpc) is 2.47. The summed E-state index contributed by atoms with van der Waals surface area (Å²) in [7, 11) is -3.70. The highest BCUT2D eigenvalue weighted by Crippen LogP contribution is 2.21. The molecule has 8 nitrogen and oxygen atoms in total. The lowest BCUT2D eigenvalue weighted by molar-refractivity contribution is 0.0109. The van der Waals surface area contributed by atoms with Crippen LogP contribution in [0.3, 0.4) is 0 Å². The molecule has 1 fully saturated rings. The van der Waals surface area contributed by atoms with Crippen LogP contribution in [-0.2, 0) is 14.8 Å². The van der Waals surface area contributed by atoms with Crippen molar-refractivity contribution in [2.75, 3.05) is 31.8 Å². The lowest BCUT2D eigenvalue weighted by Crippen LogP contribution is -2.50. The number of hydrazine groups is 1. The van der Waals surface area contributed by atoms with Gasteiger partial charge in [0.05, 0.1) is 30.8 Å². The number of nitrogens with one attached hydrogen (secondary N) is 1. The van der Waals surface area contributed by atoms with E-state index in [2.05, 4.69) is 10.4 Å². The normalized spacial score (nSPS) is 21.3. The third-order valence-electron chi connectivity index (χ3n) is 2.87. The summed E-state index contributed by atoms with van der Waals surface area (Å²) < 4.78 is 31.4. The van der Waals surface area contributed by atoms with Crippen LogP contribution < -0.4 is 11.3 Å². The molecule has 1 aromatic rings. The lowest BCUT2D eigenvalue weighted by atomic mass is 10.3. The van der Waals surface area contributed by atoms with Gasteiger partial charge in [-0.15, -0.1) is 0 Å². The second kappa shape index (κ2) is 5.80. The fourth-order valence-corrected chi connectivity index (χ4v) is 3.48. The van der Waals surface area contributed by atoms with Crippen LogP contribution in [0.1, 0.15) is 0 Å². The molecule has 19 heavy (non-hydrogen) atoms. The topological polar surface area (TPSA) is 118 Å². The fourth-order valence-electron chi connectivity index (χ4n) is 1.89. The first-order valence-electron chi connectivity index (χ1n) is 5.72. The van der Waals surface area contributed by atoms with Gasteiger partial charge in [0.15, 0.2) is 0 Å². The Bertz CT molecular complexity index is 536. The van der Waals surface area contributed by atoms with Crippen LogP contribution in [0.15, 0.2) is 23.2 Å². The molecule has 2 heterocycles. The monoisotopic (exact) mass is 288 g/mol. The van der Waals surface area contributed by atoms with Crippen molar-refractivity contribution in [3.63, 3.8) is 0 Å². The molecular weight excluding hydrogens is 272 g/mol. The first kappa shape index (κ1) is 14.2. The SMILES string of the molecule is NNc1cc(S(=O)(=O)N2CCOCC2CO)ccn1. The van der Waals surface area contributed by atoms with Crippen molar-refractivity contribution in [3.8, 4) is 0 Å². The van der Waals surface area contributed by atoms with E-state index < -0.39 is 16.1 Å². The van der Waals surface area contributed by atoms with Crippen molar-refractivity contribution < 1.29 is 18.3 Å². The number of nitrogens with zero attached hydrogens (tertiary/aromatic N) is 2. The number of rotatable bonds is 4. The number of sulfonamides is 1. The maximum atomic E-state index is 12.5. The number of ether oxygens (including phenoxy) is 1. The van der Waals surface area contributed by atoms with Gasteiger partial charge >= 0.3 is 0 Å². The van der Waals surface area contributed by atoms with Crippen LogP contribution in [0, 0.1) is 0 Å². The molecular formula is C10H16N4O4S. The number of nitrogens with two attached hydrogens (primary N) is 1. The maximum Gasteiger partial charge on any atom is 0.243 e. The average molecular weight is 288 g/mol. The van der Waals surface area contributed by atoms with E-state index in [0.717, 1.165) is 0 Å². The highest BCUT2D eigenvalue weighted by atomic mass is 32.2. The molecule has 1 unspecified atom stereocenters. The van der Waals surface area contributed by atoms with Crippen LogP contribution in [0.4, 0.5) is 5.82 Å². The van der Waals surface area contributed by atoms with Gasteiger partial charge in [-0.25, -0.2) is 19.2 Å². The number of pyridine rings is 1. The number of anilines is 1. The Labute approximate surface area is 111 Å². The summed E-state index contributed by atoms with van der Waals surface area (Å²) in [4.78, 5) is 3.94. The Balaban J connectivity index is 2.34. The van der Waals surface area contributed by atoms with Gasteiger partial charge in [-0.1, -0.05) is 0 Å². The molecule has 0 amide bonds. The molecule has 2 rings (SSSR count). The number of morpholine rings is 1. The summed E-state index contributed by atoms with van der Waals surface area (Å²) in [5, 5.41) is 9.24. The number of nitrogen functional groups attached to an aromatic ring is 1. The minimum atomic E-state index is -3.70. The van der Waals surface area contributed by atoms with Crippen LogP contribution in [-0.4, -0.2) is 55.2 Å². The zero-order chi connectivity index (χ0) is 13.9. The number of hydrogen-bond donors (Lipinski definition) is 3. The molecule has 1 aromatic heterocycles. The summed E-state index contributed by atoms with van der Waals surface area (Å²) >= 11 is 0. The van der Waals surface area contributed by atoms with Crippen LogP contribution in [0.2, 0.25) is 0 Å². The molecule has 9 heteroatoms. The van der Waals surface area contributed by atoms with E-state index in [0.29, 0.717) is 6.61 Å². The molecule has 0 radical (unpaired) electrons. The first-order chi connectivity index (χ1) is 9.09. The van der Waals surface area contributed by atoms with Crippen molar-refractivity contribution in [2.45, 2.75) is 10.9 Å². The quantitative estimate of drug-likeness (QED) is 0.468. The largest absolute Gasteiger partial charge is 0.395 e. The maximum absolute atomic E-state index is 12.5. The Morgan fingerprint density at radius 1 is 1.63 bits per heavy atom. The molecule has 0 aromatic carbocycles. The molecule has 1 saturated heterocycles. The molecule has 1 atom stereocenters. The summed E-state index contributed by atoms with van der Waals surface area (Å²) in [6.07, 6.45) is 1.36. The Hall–Kier alpha value is -1.26. The fraction of sp³-hybridized carbons (Fsp3) is 0.500. The predicted octanol–water partition coefficient (Wildman–Crippen LogP) is -1.25. The van der Waals surface area contributed by atoms with E-state index in [1.807, 2.05) is 0 Å². The van der Waals surface area contributed by atoms with E-state index in [4.69, 9.17) is 10.6 Å². The molecule has 1 aliphatic rings. The molecule has 0 aliphatic carbocycles. The van der Waals surface area contributed by atoms with Gasteiger partial charge in [-0.3, -0.25) is 0 Å². The van der Waals surface area contributed by atoms with Gasteiger partial charge < -0.3 is 15.3 Å². The predicted molar refractivity (Wildman–Crippen MR) is 67.6 cm³/mol. The van der Waals surface area contributed by atoms with Gasteiger partial charge in [-0.2, -0.15) is 4.31 Å². The van der Waals surface area contributed by atoms with E-state index >= 15 is 0 Å². The minimum Gasteiger partial charge on any atom is -0.395 e. The second-order valence-corrected chi connectivity index (χ2v) is 5.94. The van der Waals surface area contributed by atoms with Crippen LogP contribution in [0.25, 0.3) is 0 Å². The van der Waals surface area contributed by atoms with Crippen molar-refractivity contribution in [3.05, 3.63) is 18.3 Å². The number of aliphatic hydroxyl groups is 1. The highest BCUT2D eigenvalue weighted by molar-refractivity contribution is 7.89. The summed E-state index contributed by atoms with van der Waals surface area (Å²) in [6.45, 7) is 0.416. The molecule has 106 valence electrons. The number of hydrogen-bond acceptors (Lipinski definition) is 7. The molecule has 4 N–H and O–H groups in total. The second-order valence-electron chi connectivity index (χ2n) is 4.05. The zero-order valence-corrected chi connectivity index (χ0v) is 11.0. The summed E-state index contributed by atoms with van der Waals surface area (Å²) in [5.41, 5.74) is 2.30. The third kappa shape index (κ3) is 2.85. The third-order valence-corrected chi connectivity index (χ3v) is 4.82. The van der Waals surface area contributed by atoms with Crippen LogP contribution in [0.5, 0.6) is 0 Å². The minimum absolute atomic E-state index is 0.0794. The van der Waals surface area contributed by atoms with E-state index in [1.165, 1.54) is 22.6 Å². The van der Waals surface area contributed by atoms with Crippen molar-refractivity contribution in [1.29, 1.82) is 0 Å². The number of aromatic nitrogens is 1. The summed E-state index contributed by atoms with van der Waals surface area (Å²) in [5.74, 6) is 5.47. The van der Waals surface area contributed by atoms with Crippen molar-refractivity contribution >= 4 is 15.8 Å². The summed E-state index contributed by atoms with van der Waals surface area (Å²) in [6, 6.07) is 2.17. The lowest BCUT2D eigenvalue weighted by Gasteiger charge is -2.33. The van der Waals surface area contributed by atoms with E-state index in [1.54, 1.807) is 0 Å². The smallest absolute Gasteiger partial charge is 0.243 e. The zero-order valence-electron chi connectivity index (χ0n) is 10.2. The van der Waals surface area contributed by atoms with Crippen LogP contribution >= 0.6 is 0 Å². The molecule has 0 saturated carbocycles. The Morgan fingerprint density at radius 3 is 3.11 bits per heavy atom. The van der Waals surface area contributed by atoms with Gasteiger partial charge in [0.2, 0.25) is 10.0 Å². The Morgan fingerprint density at radius 2 is 2.42 bits per heavy atom. The van der Waals surface area contributed by atoms with Gasteiger partial charge in [0.25, 0.3) is 0 Å². The van der Waals surface area contributed by atoms with E-state index in [-0.39, 0.29) is 30.5 Å². The van der Waals surface area contributed by atoms with Crippen molar-refractivity contribution in [1.82, 2.24) is 9.29 Å². The molecule has 0 spiro atoms. The van der Waals surface area contributed by atoms with E-state index in [9.17, 15) is 13.5 Å². The molecule has 1 aliphatic heterocycles. The molecule has 0 bridgehead atoms. The number of aliphatic hydroxyl groups excluding tert-OH is 1. The Kier molecular flexibility index (Phi) is 4.32. The standard InChI is InChI=1S/C10H16N4O4S/c11-13-10-5-9(1-2-12-10)19(16,17)14-3-4-18-7-8(14)6-15/h1-2,5,8,15H,3-4,6-7,11H2,(H,12,13). The van der Waals surface area contributed by atoms with Crippen molar-refractivity contribution in [2.24, 2.45) is 5.84 Å². The highest BCUT2D eigenvalue weighted by Gasteiger charge is 2.33. The van der Waals surface area contributed by atoms with Gasteiger partial charge in [0, 0.05) is 18.8 Å². The van der Waals surface area contributed by atoms with Gasteiger partial charge in [-0.05, 0) is 6.07 Å². The van der Waals surface area contributed by atoms with Gasteiger partial charge in [0.1, 0.15) is 5.82 Å². The first-order valence-corrected chi connectivity index (χ1v) is 7.16.